The number of carboxylic acids is 1. The fourth-order valence-electron chi connectivity index (χ4n) is 1.21. The van der Waals surface area contributed by atoms with Gasteiger partial charge in [-0.1, -0.05) is 0 Å². The van der Waals surface area contributed by atoms with Gasteiger partial charge in [0, 0.05) is 0 Å². The maximum Gasteiger partial charge on any atom is 0.416 e. The van der Waals surface area contributed by atoms with Crippen LogP contribution in [-0.4, -0.2) is 16.2 Å². The molecule has 0 aliphatic heterocycles. The van der Waals surface area contributed by atoms with E-state index in [9.17, 15) is 23.1 Å². The zero-order chi connectivity index (χ0) is 13.4. The molecule has 0 radical (unpaired) electrons. The van der Waals surface area contributed by atoms with Gasteiger partial charge in [0.1, 0.15) is 11.8 Å². The number of hydrogen-bond acceptors (Lipinski definition) is 3. The molecule has 0 aliphatic carbocycles. The number of phenols is 1. The van der Waals surface area contributed by atoms with Crippen molar-refractivity contribution >= 4 is 21.9 Å². The van der Waals surface area contributed by atoms with Crippen molar-refractivity contribution in [2.75, 3.05) is 0 Å². The molecule has 4 nitrogen and oxygen atoms in total. The molecule has 1 unspecified atom stereocenters. The third-order valence-corrected chi connectivity index (χ3v) is 2.66. The largest absolute Gasteiger partial charge is 0.507 e. The smallest absolute Gasteiger partial charge is 0.416 e. The maximum atomic E-state index is 12.6. The summed E-state index contributed by atoms with van der Waals surface area (Å²) in [5, 5.41) is 17.8. The van der Waals surface area contributed by atoms with E-state index in [-0.39, 0.29) is 4.47 Å². The molecule has 0 saturated carbocycles. The molecular formula is C9H7BrF3NO3. The summed E-state index contributed by atoms with van der Waals surface area (Å²) in [4.78, 5) is 10.6. The van der Waals surface area contributed by atoms with E-state index in [1.165, 1.54) is 0 Å². The van der Waals surface area contributed by atoms with Gasteiger partial charge in [0.05, 0.1) is 10.0 Å². The van der Waals surface area contributed by atoms with E-state index in [4.69, 9.17) is 10.8 Å². The highest BCUT2D eigenvalue weighted by atomic mass is 79.9. The first-order chi connectivity index (χ1) is 7.64. The van der Waals surface area contributed by atoms with Gasteiger partial charge in [-0.15, -0.1) is 0 Å². The van der Waals surface area contributed by atoms with E-state index in [1.807, 2.05) is 0 Å². The highest BCUT2D eigenvalue weighted by Crippen LogP contribution is 2.39. The second kappa shape index (κ2) is 4.53. The number of carbonyl (C=O) groups is 1. The van der Waals surface area contributed by atoms with E-state index in [0.717, 1.165) is 6.07 Å². The lowest BCUT2D eigenvalue weighted by Gasteiger charge is -2.16. The predicted molar refractivity (Wildman–Crippen MR) is 55.4 cm³/mol. The van der Waals surface area contributed by atoms with Crippen LogP contribution < -0.4 is 5.73 Å². The zero-order valence-corrected chi connectivity index (χ0v) is 9.71. The molecule has 1 aromatic carbocycles. The summed E-state index contributed by atoms with van der Waals surface area (Å²) in [6, 6.07) is -0.539. The van der Waals surface area contributed by atoms with Gasteiger partial charge in [-0.2, -0.15) is 13.2 Å². The van der Waals surface area contributed by atoms with Gasteiger partial charge < -0.3 is 15.9 Å². The highest BCUT2D eigenvalue weighted by Gasteiger charge is 2.37. The van der Waals surface area contributed by atoms with Crippen LogP contribution >= 0.6 is 15.9 Å². The highest BCUT2D eigenvalue weighted by molar-refractivity contribution is 9.10. The Labute approximate surface area is 102 Å². The summed E-state index contributed by atoms with van der Waals surface area (Å²) in [6.07, 6.45) is -4.79. The monoisotopic (exact) mass is 313 g/mol. The fraction of sp³-hybridized carbons (Fsp3) is 0.222. The van der Waals surface area contributed by atoms with E-state index < -0.39 is 35.1 Å². The van der Waals surface area contributed by atoms with Gasteiger partial charge in [-0.05, 0) is 33.6 Å². The summed E-state index contributed by atoms with van der Waals surface area (Å²) in [5.74, 6) is -2.23. The van der Waals surface area contributed by atoms with E-state index >= 15 is 0 Å². The van der Waals surface area contributed by atoms with Crippen molar-refractivity contribution in [2.24, 2.45) is 5.73 Å². The molecule has 0 saturated heterocycles. The van der Waals surface area contributed by atoms with E-state index in [1.54, 1.807) is 0 Å². The molecule has 1 atom stereocenters. The number of nitrogens with two attached hydrogens (primary N) is 1. The summed E-state index contributed by atoms with van der Waals surface area (Å²) in [7, 11) is 0. The Balaban J connectivity index is 3.46. The number of alkyl halides is 3. The number of phenolic OH excluding ortho intramolecular Hbond substituents is 1. The third kappa shape index (κ3) is 2.89. The van der Waals surface area contributed by atoms with Crippen molar-refractivity contribution in [3.8, 4) is 5.75 Å². The predicted octanol–water partition coefficient (Wildman–Crippen LogP) is 2.26. The van der Waals surface area contributed by atoms with Gasteiger partial charge in [0.15, 0.2) is 0 Å². The van der Waals surface area contributed by atoms with E-state index in [0.29, 0.717) is 6.07 Å². The Morgan fingerprint density at radius 3 is 2.35 bits per heavy atom. The molecular weight excluding hydrogens is 307 g/mol. The van der Waals surface area contributed by atoms with Crippen LogP contribution in [0.25, 0.3) is 0 Å². The fourth-order valence-corrected chi connectivity index (χ4v) is 1.57. The SMILES string of the molecule is NC(C(=O)O)c1cc(Br)c(O)cc1C(F)(F)F. The third-order valence-electron chi connectivity index (χ3n) is 2.03. The van der Waals surface area contributed by atoms with Crippen molar-refractivity contribution < 1.29 is 28.2 Å². The Morgan fingerprint density at radius 2 is 1.94 bits per heavy atom. The van der Waals surface area contributed by atoms with E-state index in [2.05, 4.69) is 15.9 Å². The molecule has 0 heterocycles. The first-order valence-electron chi connectivity index (χ1n) is 4.22. The molecule has 0 aromatic heterocycles. The van der Waals surface area contributed by atoms with Gasteiger partial charge >= 0.3 is 12.1 Å². The first-order valence-corrected chi connectivity index (χ1v) is 5.02. The van der Waals surface area contributed by atoms with Crippen molar-refractivity contribution in [3.05, 3.63) is 27.7 Å². The molecule has 0 bridgehead atoms. The average molecular weight is 314 g/mol. The van der Waals surface area contributed by atoms with Crippen molar-refractivity contribution in [2.45, 2.75) is 12.2 Å². The van der Waals surface area contributed by atoms with Crippen LogP contribution in [-0.2, 0) is 11.0 Å². The molecule has 0 amide bonds. The Kier molecular flexibility index (Phi) is 3.68. The number of benzene rings is 1. The Bertz CT molecular complexity index is 462. The van der Waals surface area contributed by atoms with Crippen molar-refractivity contribution in [1.82, 2.24) is 0 Å². The van der Waals surface area contributed by atoms with Gasteiger partial charge in [-0.3, -0.25) is 4.79 Å². The molecule has 0 spiro atoms. The van der Waals surface area contributed by atoms with Crippen LogP contribution in [0.15, 0.2) is 16.6 Å². The lowest BCUT2D eigenvalue weighted by molar-refractivity contribution is -0.141. The number of hydrogen-bond donors (Lipinski definition) is 3. The lowest BCUT2D eigenvalue weighted by Crippen LogP contribution is -2.24. The van der Waals surface area contributed by atoms with Crippen LogP contribution in [0.4, 0.5) is 13.2 Å². The van der Waals surface area contributed by atoms with Crippen LogP contribution in [0.1, 0.15) is 17.2 Å². The van der Waals surface area contributed by atoms with Crippen molar-refractivity contribution in [1.29, 1.82) is 0 Å². The second-order valence-electron chi connectivity index (χ2n) is 3.20. The minimum absolute atomic E-state index is 0.0581. The molecule has 8 heteroatoms. The quantitative estimate of drug-likeness (QED) is 0.782. The van der Waals surface area contributed by atoms with Crippen LogP contribution in [0.5, 0.6) is 5.75 Å². The molecule has 94 valence electrons. The van der Waals surface area contributed by atoms with Gasteiger partial charge in [0.25, 0.3) is 0 Å². The number of carboxylic acid groups (broad SMARTS) is 1. The zero-order valence-electron chi connectivity index (χ0n) is 8.12. The maximum absolute atomic E-state index is 12.6. The Hall–Kier alpha value is -1.28. The summed E-state index contributed by atoms with van der Waals surface area (Å²) in [5.41, 5.74) is 3.27. The molecule has 1 aromatic rings. The Morgan fingerprint density at radius 1 is 1.41 bits per heavy atom. The number of aromatic hydroxyl groups is 1. The van der Waals surface area contributed by atoms with Gasteiger partial charge in [-0.25, -0.2) is 0 Å². The minimum Gasteiger partial charge on any atom is -0.507 e. The molecule has 4 N–H and O–H groups in total. The van der Waals surface area contributed by atoms with Crippen LogP contribution in [0, 0.1) is 0 Å². The second-order valence-corrected chi connectivity index (χ2v) is 4.06. The lowest BCUT2D eigenvalue weighted by atomic mass is 10.00. The van der Waals surface area contributed by atoms with Crippen LogP contribution in [0.2, 0.25) is 0 Å². The molecule has 17 heavy (non-hydrogen) atoms. The topological polar surface area (TPSA) is 83.6 Å². The summed E-state index contributed by atoms with van der Waals surface area (Å²) in [6.45, 7) is 0. The summed E-state index contributed by atoms with van der Waals surface area (Å²) >= 11 is 2.80. The standard InChI is InChI=1S/C9H7BrF3NO3/c10-5-1-3(7(14)8(16)17)4(2-6(5)15)9(11,12)13/h1-2,7,15H,14H2,(H,16,17). The van der Waals surface area contributed by atoms with Crippen LogP contribution in [0.3, 0.4) is 0 Å². The molecule has 1 rings (SSSR count). The van der Waals surface area contributed by atoms with Gasteiger partial charge in [0.2, 0.25) is 0 Å². The number of aliphatic carboxylic acids is 1. The summed E-state index contributed by atoms with van der Waals surface area (Å²) < 4.78 is 37.8. The number of rotatable bonds is 2. The first kappa shape index (κ1) is 13.8. The molecule has 0 fully saturated rings. The number of halogens is 4. The average Bonchev–Trinajstić information content (AvgIpc) is 2.18. The minimum atomic E-state index is -4.79. The molecule has 0 aliphatic rings. The van der Waals surface area contributed by atoms with Crippen molar-refractivity contribution in [3.63, 3.8) is 0 Å². The normalized spacial score (nSPS) is 13.5.